The van der Waals surface area contributed by atoms with Crippen molar-refractivity contribution in [1.82, 2.24) is 0 Å². The fraction of sp³-hybridized carbons (Fsp3) is 0.304. The molecular formula is C23H25F2NO7S. The largest absolute Gasteiger partial charge is 0.481 e. The van der Waals surface area contributed by atoms with E-state index in [4.69, 9.17) is 14.6 Å². The maximum Gasteiger partial charge on any atom is 0.372 e. The number of primary amides is 1. The molecule has 1 amide bonds. The lowest BCUT2D eigenvalue weighted by Gasteiger charge is -2.20. The summed E-state index contributed by atoms with van der Waals surface area (Å²) >= 11 is 0.642. The number of carboxylic acid groups (broad SMARTS) is 1. The van der Waals surface area contributed by atoms with Gasteiger partial charge in [-0.15, -0.1) is 0 Å². The van der Waals surface area contributed by atoms with Gasteiger partial charge < -0.3 is 20.3 Å². The van der Waals surface area contributed by atoms with Crippen LogP contribution in [-0.2, 0) is 14.3 Å². The molecule has 0 fully saturated rings. The molecule has 8 nitrogen and oxygen atoms in total. The van der Waals surface area contributed by atoms with Crippen LogP contribution in [0, 0.1) is 11.6 Å². The minimum atomic E-state index is -1.06. The summed E-state index contributed by atoms with van der Waals surface area (Å²) in [7, 11) is 0. The number of ether oxygens (including phenoxy) is 2. The summed E-state index contributed by atoms with van der Waals surface area (Å²) in [4.78, 5) is 44.4. The molecule has 0 saturated heterocycles. The van der Waals surface area contributed by atoms with E-state index in [2.05, 4.69) is 5.73 Å². The van der Waals surface area contributed by atoms with Gasteiger partial charge in [-0.3, -0.25) is 9.59 Å². The lowest BCUT2D eigenvalue weighted by molar-refractivity contribution is -0.136. The number of esters is 1. The van der Waals surface area contributed by atoms with Crippen molar-refractivity contribution in [2.24, 2.45) is 5.73 Å². The minimum absolute atomic E-state index is 0.00515. The maximum atomic E-state index is 14.2. The van der Waals surface area contributed by atoms with Crippen LogP contribution in [0.1, 0.15) is 44.5 Å². The van der Waals surface area contributed by atoms with Gasteiger partial charge in [0, 0.05) is 24.3 Å². The fourth-order valence-electron chi connectivity index (χ4n) is 2.34. The number of carboxylic acids is 1. The molecule has 0 heterocycles. The van der Waals surface area contributed by atoms with Gasteiger partial charge >= 0.3 is 17.2 Å². The second kappa shape index (κ2) is 12.7. The average molecular weight is 498 g/mol. The molecule has 184 valence electrons. The number of carbonyl (C=O) groups is 4. The van der Waals surface area contributed by atoms with Crippen molar-refractivity contribution in [2.45, 2.75) is 39.7 Å². The van der Waals surface area contributed by atoms with E-state index in [9.17, 15) is 28.0 Å². The third kappa shape index (κ3) is 10.4. The molecule has 0 aliphatic rings. The SMILES string of the molecule is CC(C)(C)OC(=O)c1cc(-c2ccc(F)cc2F)ccc1OC(=O)SCCC(=O)O.CC(N)=O. The summed E-state index contributed by atoms with van der Waals surface area (Å²) in [5, 5.41) is 7.83. The van der Waals surface area contributed by atoms with Crippen LogP contribution in [0.4, 0.5) is 13.6 Å². The van der Waals surface area contributed by atoms with Gasteiger partial charge in [0.25, 0.3) is 0 Å². The number of carbonyl (C=O) groups excluding carboxylic acids is 3. The Hall–Kier alpha value is -3.47. The number of thioether (sulfide) groups is 1. The third-order valence-corrected chi connectivity index (χ3v) is 4.30. The van der Waals surface area contributed by atoms with Gasteiger partial charge in [0.1, 0.15) is 28.5 Å². The Morgan fingerprint density at radius 3 is 2.21 bits per heavy atom. The van der Waals surface area contributed by atoms with E-state index >= 15 is 0 Å². The summed E-state index contributed by atoms with van der Waals surface area (Å²) in [5.74, 6) is -3.88. The van der Waals surface area contributed by atoms with E-state index in [1.165, 1.54) is 31.2 Å². The molecule has 11 heteroatoms. The highest BCUT2D eigenvalue weighted by atomic mass is 32.2. The first-order valence-electron chi connectivity index (χ1n) is 9.85. The summed E-state index contributed by atoms with van der Waals surface area (Å²) < 4.78 is 37.9. The van der Waals surface area contributed by atoms with Crippen molar-refractivity contribution in [2.75, 3.05) is 5.75 Å². The summed E-state index contributed by atoms with van der Waals surface area (Å²) in [6, 6.07) is 7.02. The highest BCUT2D eigenvalue weighted by Crippen LogP contribution is 2.31. The smallest absolute Gasteiger partial charge is 0.372 e. The number of rotatable bonds is 6. The number of hydrogen-bond donors (Lipinski definition) is 2. The fourth-order valence-corrected chi connectivity index (χ4v) is 2.94. The van der Waals surface area contributed by atoms with Crippen LogP contribution in [0.3, 0.4) is 0 Å². The van der Waals surface area contributed by atoms with Crippen LogP contribution in [0.25, 0.3) is 11.1 Å². The second-order valence-corrected chi connectivity index (χ2v) is 8.82. The molecule has 2 aromatic rings. The lowest BCUT2D eigenvalue weighted by atomic mass is 10.0. The molecule has 0 aliphatic heterocycles. The van der Waals surface area contributed by atoms with E-state index < -0.39 is 34.5 Å². The normalized spacial score (nSPS) is 10.5. The molecule has 0 aromatic heterocycles. The summed E-state index contributed by atoms with van der Waals surface area (Å²) in [6.07, 6.45) is -0.235. The van der Waals surface area contributed by atoms with Crippen molar-refractivity contribution < 1.29 is 42.5 Å². The number of benzene rings is 2. The van der Waals surface area contributed by atoms with Crippen LogP contribution >= 0.6 is 11.8 Å². The number of amides is 1. The molecular weight excluding hydrogens is 472 g/mol. The van der Waals surface area contributed by atoms with Gasteiger partial charge in [0.15, 0.2) is 0 Å². The molecule has 0 unspecified atom stereocenters. The predicted octanol–water partition coefficient (Wildman–Crippen LogP) is 4.79. The minimum Gasteiger partial charge on any atom is -0.481 e. The molecule has 0 aliphatic carbocycles. The lowest BCUT2D eigenvalue weighted by Crippen LogP contribution is -2.24. The zero-order chi connectivity index (χ0) is 26.1. The molecule has 0 radical (unpaired) electrons. The zero-order valence-corrected chi connectivity index (χ0v) is 19.8. The van der Waals surface area contributed by atoms with Gasteiger partial charge in [-0.25, -0.2) is 18.4 Å². The first-order chi connectivity index (χ1) is 15.7. The summed E-state index contributed by atoms with van der Waals surface area (Å²) in [6.45, 7) is 6.27. The van der Waals surface area contributed by atoms with E-state index in [0.717, 1.165) is 12.1 Å². The third-order valence-electron chi connectivity index (χ3n) is 3.57. The van der Waals surface area contributed by atoms with Crippen molar-refractivity contribution in [3.63, 3.8) is 0 Å². The molecule has 0 spiro atoms. The molecule has 0 saturated carbocycles. The van der Waals surface area contributed by atoms with Crippen molar-refractivity contribution in [3.8, 4) is 16.9 Å². The van der Waals surface area contributed by atoms with E-state index in [0.29, 0.717) is 11.8 Å². The highest BCUT2D eigenvalue weighted by Gasteiger charge is 2.24. The second-order valence-electron chi connectivity index (χ2n) is 7.79. The van der Waals surface area contributed by atoms with E-state index in [1.807, 2.05) is 0 Å². The van der Waals surface area contributed by atoms with Crippen LogP contribution in [0.15, 0.2) is 36.4 Å². The molecule has 0 atom stereocenters. The van der Waals surface area contributed by atoms with Crippen molar-refractivity contribution in [1.29, 1.82) is 0 Å². The summed E-state index contributed by atoms with van der Waals surface area (Å²) in [5.41, 5.74) is 3.81. The van der Waals surface area contributed by atoms with Gasteiger partial charge in [0.05, 0.1) is 6.42 Å². The van der Waals surface area contributed by atoms with E-state index in [-0.39, 0.29) is 40.5 Å². The van der Waals surface area contributed by atoms with Crippen molar-refractivity contribution >= 4 is 34.9 Å². The highest BCUT2D eigenvalue weighted by molar-refractivity contribution is 8.13. The topological polar surface area (TPSA) is 133 Å². The number of aliphatic carboxylic acids is 1. The Bertz CT molecular complexity index is 1060. The Balaban J connectivity index is 0.00000133. The number of hydrogen-bond acceptors (Lipinski definition) is 7. The Morgan fingerprint density at radius 2 is 1.68 bits per heavy atom. The Labute approximate surface area is 199 Å². The van der Waals surface area contributed by atoms with Gasteiger partial charge in [-0.2, -0.15) is 0 Å². The van der Waals surface area contributed by atoms with Gasteiger partial charge in [-0.05, 0) is 62.4 Å². The van der Waals surface area contributed by atoms with Gasteiger partial charge in [0.2, 0.25) is 5.91 Å². The number of halogens is 2. The molecule has 0 bridgehead atoms. The first kappa shape index (κ1) is 28.6. The van der Waals surface area contributed by atoms with Crippen LogP contribution in [0.2, 0.25) is 0 Å². The Morgan fingerprint density at radius 1 is 1.06 bits per heavy atom. The predicted molar refractivity (Wildman–Crippen MR) is 123 cm³/mol. The monoisotopic (exact) mass is 497 g/mol. The van der Waals surface area contributed by atoms with Crippen LogP contribution in [-0.4, -0.2) is 39.6 Å². The van der Waals surface area contributed by atoms with Crippen LogP contribution < -0.4 is 10.5 Å². The van der Waals surface area contributed by atoms with Crippen molar-refractivity contribution in [3.05, 3.63) is 53.6 Å². The molecule has 2 rings (SSSR count). The molecule has 2 aromatic carbocycles. The quantitative estimate of drug-likeness (QED) is 0.545. The molecule has 34 heavy (non-hydrogen) atoms. The maximum absolute atomic E-state index is 14.2. The van der Waals surface area contributed by atoms with Crippen LogP contribution in [0.5, 0.6) is 5.75 Å². The standard InChI is InChI=1S/C21H20F2O6S.C2H5NO/c1-21(2,3)29-19(26)15-10-12(14-6-5-13(22)11-16(14)23)4-7-17(15)28-20(27)30-9-8-18(24)25;1-2(3)4/h4-7,10-11H,8-9H2,1-3H3,(H,24,25);1H3,(H2,3,4). The molecule has 3 N–H and O–H groups in total. The van der Waals surface area contributed by atoms with E-state index in [1.54, 1.807) is 20.8 Å². The first-order valence-corrected chi connectivity index (χ1v) is 10.8. The number of nitrogens with two attached hydrogens (primary N) is 1. The Kier molecular flexibility index (Phi) is 10.7. The zero-order valence-electron chi connectivity index (χ0n) is 19.0. The van der Waals surface area contributed by atoms with Gasteiger partial charge in [-0.1, -0.05) is 6.07 Å². The average Bonchev–Trinajstić information content (AvgIpc) is 2.66.